The lowest BCUT2D eigenvalue weighted by atomic mass is 9.99. The SMILES string of the molecule is CCCCC(O)c1ccc(F)cc1C. The van der Waals surface area contributed by atoms with E-state index in [-0.39, 0.29) is 5.82 Å². The fourth-order valence-electron chi connectivity index (χ4n) is 1.57. The number of unbranched alkanes of at least 4 members (excludes halogenated alkanes) is 1. The quantitative estimate of drug-likeness (QED) is 0.782. The van der Waals surface area contributed by atoms with E-state index in [0.717, 1.165) is 30.4 Å². The molecule has 1 unspecified atom stereocenters. The van der Waals surface area contributed by atoms with E-state index in [9.17, 15) is 9.50 Å². The standard InChI is InChI=1S/C12H17FO/c1-3-4-5-12(14)11-7-6-10(13)8-9(11)2/h6-8,12,14H,3-5H2,1-2H3. The molecule has 1 atom stereocenters. The highest BCUT2D eigenvalue weighted by Gasteiger charge is 2.09. The van der Waals surface area contributed by atoms with Gasteiger partial charge < -0.3 is 5.11 Å². The smallest absolute Gasteiger partial charge is 0.123 e. The van der Waals surface area contributed by atoms with Gasteiger partial charge in [0.15, 0.2) is 0 Å². The topological polar surface area (TPSA) is 20.2 Å². The molecule has 0 aromatic heterocycles. The van der Waals surface area contributed by atoms with Crippen LogP contribution in [0.5, 0.6) is 0 Å². The zero-order chi connectivity index (χ0) is 10.6. The maximum Gasteiger partial charge on any atom is 0.123 e. The van der Waals surface area contributed by atoms with Crippen LogP contribution in [-0.4, -0.2) is 5.11 Å². The highest BCUT2D eigenvalue weighted by molar-refractivity contribution is 5.28. The molecule has 0 aliphatic heterocycles. The first-order valence-corrected chi connectivity index (χ1v) is 5.09. The molecule has 0 aliphatic carbocycles. The van der Waals surface area contributed by atoms with Gasteiger partial charge in [0.05, 0.1) is 6.10 Å². The van der Waals surface area contributed by atoms with E-state index < -0.39 is 6.10 Å². The van der Waals surface area contributed by atoms with Gasteiger partial charge in [-0.3, -0.25) is 0 Å². The third kappa shape index (κ3) is 2.81. The molecule has 14 heavy (non-hydrogen) atoms. The zero-order valence-corrected chi connectivity index (χ0v) is 8.76. The fourth-order valence-corrected chi connectivity index (χ4v) is 1.57. The average Bonchev–Trinajstić information content (AvgIpc) is 2.14. The number of benzene rings is 1. The van der Waals surface area contributed by atoms with Gasteiger partial charge in [0.1, 0.15) is 5.82 Å². The number of hydrogen-bond donors (Lipinski definition) is 1. The summed E-state index contributed by atoms with van der Waals surface area (Å²) < 4.78 is 12.8. The van der Waals surface area contributed by atoms with E-state index in [1.807, 2.05) is 6.92 Å². The van der Waals surface area contributed by atoms with Crippen molar-refractivity contribution < 1.29 is 9.50 Å². The Kier molecular flexibility index (Phi) is 4.08. The monoisotopic (exact) mass is 196 g/mol. The summed E-state index contributed by atoms with van der Waals surface area (Å²) in [6.45, 7) is 3.91. The van der Waals surface area contributed by atoms with Crippen LogP contribution in [0.2, 0.25) is 0 Å². The first-order chi connectivity index (χ1) is 6.65. The first-order valence-electron chi connectivity index (χ1n) is 5.09. The van der Waals surface area contributed by atoms with Crippen LogP contribution in [0.15, 0.2) is 18.2 Å². The van der Waals surface area contributed by atoms with Crippen molar-refractivity contribution in [2.45, 2.75) is 39.2 Å². The molecular weight excluding hydrogens is 179 g/mol. The van der Waals surface area contributed by atoms with E-state index >= 15 is 0 Å². The Morgan fingerprint density at radius 1 is 1.43 bits per heavy atom. The molecule has 0 aliphatic rings. The van der Waals surface area contributed by atoms with Crippen LogP contribution >= 0.6 is 0 Å². The molecule has 0 saturated carbocycles. The second-order valence-corrected chi connectivity index (χ2v) is 3.66. The number of hydrogen-bond acceptors (Lipinski definition) is 1. The van der Waals surface area contributed by atoms with Crippen molar-refractivity contribution in [3.63, 3.8) is 0 Å². The average molecular weight is 196 g/mol. The third-order valence-corrected chi connectivity index (χ3v) is 2.42. The fraction of sp³-hybridized carbons (Fsp3) is 0.500. The van der Waals surface area contributed by atoms with E-state index in [1.165, 1.54) is 12.1 Å². The molecule has 1 aromatic carbocycles. The summed E-state index contributed by atoms with van der Waals surface area (Å²) in [6.07, 6.45) is 2.37. The maximum atomic E-state index is 12.8. The van der Waals surface area contributed by atoms with Gasteiger partial charge in [0.2, 0.25) is 0 Å². The molecule has 78 valence electrons. The second kappa shape index (κ2) is 5.11. The number of aliphatic hydroxyl groups excluding tert-OH is 1. The zero-order valence-electron chi connectivity index (χ0n) is 8.76. The number of aryl methyl sites for hydroxylation is 1. The van der Waals surface area contributed by atoms with Crippen molar-refractivity contribution in [1.29, 1.82) is 0 Å². The molecular formula is C12H17FO. The summed E-state index contributed by atoms with van der Waals surface area (Å²) in [6, 6.07) is 4.53. The Morgan fingerprint density at radius 3 is 2.71 bits per heavy atom. The molecule has 0 saturated heterocycles. The van der Waals surface area contributed by atoms with Crippen LogP contribution in [0.4, 0.5) is 4.39 Å². The summed E-state index contributed by atoms with van der Waals surface area (Å²) >= 11 is 0. The predicted molar refractivity (Wildman–Crippen MR) is 55.6 cm³/mol. The Labute approximate surface area is 84.6 Å². The van der Waals surface area contributed by atoms with Gasteiger partial charge in [-0.15, -0.1) is 0 Å². The van der Waals surface area contributed by atoms with E-state index in [4.69, 9.17) is 0 Å². The Morgan fingerprint density at radius 2 is 2.14 bits per heavy atom. The van der Waals surface area contributed by atoms with Crippen molar-refractivity contribution in [3.05, 3.63) is 35.1 Å². The minimum Gasteiger partial charge on any atom is -0.388 e. The van der Waals surface area contributed by atoms with Gasteiger partial charge in [0, 0.05) is 0 Å². The maximum absolute atomic E-state index is 12.8. The number of aliphatic hydroxyl groups is 1. The summed E-state index contributed by atoms with van der Waals surface area (Å²) in [5.41, 5.74) is 1.67. The minimum absolute atomic E-state index is 0.242. The summed E-state index contributed by atoms with van der Waals surface area (Å²) in [4.78, 5) is 0. The summed E-state index contributed by atoms with van der Waals surface area (Å²) in [7, 11) is 0. The summed E-state index contributed by atoms with van der Waals surface area (Å²) in [5, 5.41) is 9.80. The van der Waals surface area contributed by atoms with E-state index in [1.54, 1.807) is 6.07 Å². The van der Waals surface area contributed by atoms with Gasteiger partial charge >= 0.3 is 0 Å². The molecule has 0 bridgehead atoms. The van der Waals surface area contributed by atoms with Crippen molar-refractivity contribution in [1.82, 2.24) is 0 Å². The van der Waals surface area contributed by atoms with Gasteiger partial charge in [-0.05, 0) is 36.6 Å². The molecule has 0 fully saturated rings. The lowest BCUT2D eigenvalue weighted by Gasteiger charge is -2.12. The number of halogens is 1. The first kappa shape index (κ1) is 11.2. The molecule has 1 nitrogen and oxygen atoms in total. The highest BCUT2D eigenvalue weighted by atomic mass is 19.1. The van der Waals surface area contributed by atoms with Crippen LogP contribution in [0.25, 0.3) is 0 Å². The number of rotatable bonds is 4. The minimum atomic E-state index is -0.449. The van der Waals surface area contributed by atoms with Crippen LogP contribution in [0.1, 0.15) is 43.4 Å². The summed E-state index contributed by atoms with van der Waals surface area (Å²) in [5.74, 6) is -0.242. The molecule has 2 heteroatoms. The van der Waals surface area contributed by atoms with E-state index in [0.29, 0.717) is 0 Å². The molecule has 1 N–H and O–H groups in total. The lowest BCUT2D eigenvalue weighted by molar-refractivity contribution is 0.163. The second-order valence-electron chi connectivity index (χ2n) is 3.66. The molecule has 0 heterocycles. The van der Waals surface area contributed by atoms with Crippen LogP contribution in [0, 0.1) is 12.7 Å². The van der Waals surface area contributed by atoms with Gasteiger partial charge in [-0.25, -0.2) is 4.39 Å². The highest BCUT2D eigenvalue weighted by Crippen LogP contribution is 2.22. The molecule has 0 amide bonds. The predicted octanol–water partition coefficient (Wildman–Crippen LogP) is 3.36. The van der Waals surface area contributed by atoms with Crippen LogP contribution in [0.3, 0.4) is 0 Å². The molecule has 0 spiro atoms. The van der Waals surface area contributed by atoms with Crippen LogP contribution in [-0.2, 0) is 0 Å². The van der Waals surface area contributed by atoms with Crippen molar-refractivity contribution in [3.8, 4) is 0 Å². The van der Waals surface area contributed by atoms with Gasteiger partial charge in [0.25, 0.3) is 0 Å². The van der Waals surface area contributed by atoms with Gasteiger partial charge in [-0.1, -0.05) is 25.8 Å². The van der Waals surface area contributed by atoms with E-state index in [2.05, 4.69) is 6.92 Å². The molecule has 0 radical (unpaired) electrons. The third-order valence-electron chi connectivity index (χ3n) is 2.42. The largest absolute Gasteiger partial charge is 0.388 e. The normalized spacial score (nSPS) is 12.9. The molecule has 1 rings (SSSR count). The van der Waals surface area contributed by atoms with Crippen molar-refractivity contribution >= 4 is 0 Å². The molecule has 1 aromatic rings. The Hall–Kier alpha value is -0.890. The van der Waals surface area contributed by atoms with Gasteiger partial charge in [-0.2, -0.15) is 0 Å². The van der Waals surface area contributed by atoms with Crippen LogP contribution < -0.4 is 0 Å². The Bertz CT molecular complexity index is 296. The Balaban J connectivity index is 2.74. The van der Waals surface area contributed by atoms with Crippen molar-refractivity contribution in [2.75, 3.05) is 0 Å². The lowest BCUT2D eigenvalue weighted by Crippen LogP contribution is -2.00. The van der Waals surface area contributed by atoms with Crippen molar-refractivity contribution in [2.24, 2.45) is 0 Å².